The van der Waals surface area contributed by atoms with Crippen LogP contribution in [-0.2, 0) is 0 Å². The molecule has 0 bridgehead atoms. The molecule has 0 fully saturated rings. The highest BCUT2D eigenvalue weighted by Gasteiger charge is 1.59. The quantitative estimate of drug-likeness (QED) is 0.268. The second kappa shape index (κ2) is 5.30. The molecule has 0 rings (SSSR count). The number of nitrogens with two attached hydrogens (primary N) is 1. The largest absolute Gasteiger partial charge is 0.305 e. The molecule has 40 valence electrons. The van der Waals surface area contributed by atoms with Crippen LogP contribution in [0.3, 0.4) is 0 Å². The Kier molecular flexibility index (Phi) is 4.77. The van der Waals surface area contributed by atoms with E-state index in [0.29, 0.717) is 0 Å². The lowest BCUT2D eigenvalue weighted by atomic mass is 10.9. The molecule has 2 N–H and O–H groups in total. The zero-order chi connectivity index (χ0) is 5.54. The number of quaternary nitrogens is 1. The minimum atomic E-state index is 1.64. The zero-order valence-electron chi connectivity index (χ0n) is 4.63. The van der Waals surface area contributed by atoms with Crippen molar-refractivity contribution in [1.82, 2.24) is 0 Å². The van der Waals surface area contributed by atoms with Crippen LogP contribution in [0.5, 0.6) is 0 Å². The SMILES string of the molecule is CC=NN=C[NH2+]C. The van der Waals surface area contributed by atoms with Gasteiger partial charge < -0.3 is 5.32 Å². The summed E-state index contributed by atoms with van der Waals surface area (Å²) in [6, 6.07) is 0. The molecule has 0 aliphatic carbocycles. The molecule has 0 aromatic carbocycles. The lowest BCUT2D eigenvalue weighted by molar-refractivity contribution is -0.496. The van der Waals surface area contributed by atoms with Crippen LogP contribution in [-0.4, -0.2) is 19.6 Å². The van der Waals surface area contributed by atoms with E-state index in [2.05, 4.69) is 10.2 Å². The standard InChI is InChI=1S/C4H9N3/c1-3-6-7-4-5-2/h3-4H,1-2H3,(H,5,7)/p+1. The fraction of sp³-hybridized carbons (Fsp3) is 0.500. The lowest BCUT2D eigenvalue weighted by Gasteiger charge is -1.70. The van der Waals surface area contributed by atoms with Crippen molar-refractivity contribution >= 4 is 12.6 Å². The number of hydrogen-bond donors (Lipinski definition) is 1. The van der Waals surface area contributed by atoms with Gasteiger partial charge in [0, 0.05) is 6.21 Å². The van der Waals surface area contributed by atoms with Crippen molar-refractivity contribution in [2.75, 3.05) is 7.05 Å². The number of nitrogens with zero attached hydrogens (tertiary/aromatic N) is 2. The van der Waals surface area contributed by atoms with E-state index >= 15 is 0 Å². The van der Waals surface area contributed by atoms with Gasteiger partial charge in [0.1, 0.15) is 0 Å². The third-order valence-electron chi connectivity index (χ3n) is 0.398. The van der Waals surface area contributed by atoms with Gasteiger partial charge in [-0.25, -0.2) is 0 Å². The molecule has 3 nitrogen and oxygen atoms in total. The van der Waals surface area contributed by atoms with Gasteiger partial charge in [-0.05, 0) is 6.92 Å². The molecule has 7 heavy (non-hydrogen) atoms. The average Bonchev–Trinajstić information content (AvgIpc) is 1.69. The van der Waals surface area contributed by atoms with Gasteiger partial charge >= 0.3 is 0 Å². The third kappa shape index (κ3) is 5.30. The molecule has 0 aromatic heterocycles. The molecule has 0 heterocycles. The Morgan fingerprint density at radius 3 is 2.57 bits per heavy atom. The Labute approximate surface area is 43.1 Å². The summed E-state index contributed by atoms with van der Waals surface area (Å²) < 4.78 is 0. The first-order valence-corrected chi connectivity index (χ1v) is 2.20. The van der Waals surface area contributed by atoms with Crippen LogP contribution in [0.25, 0.3) is 0 Å². The van der Waals surface area contributed by atoms with Gasteiger partial charge in [0.2, 0.25) is 6.34 Å². The minimum Gasteiger partial charge on any atom is -0.305 e. The molecule has 0 aliphatic heterocycles. The van der Waals surface area contributed by atoms with Crippen LogP contribution < -0.4 is 5.32 Å². The summed E-state index contributed by atoms with van der Waals surface area (Å²) >= 11 is 0. The first-order chi connectivity index (χ1) is 3.41. The second-order valence-corrected chi connectivity index (χ2v) is 0.972. The summed E-state index contributed by atoms with van der Waals surface area (Å²) in [5, 5.41) is 9.00. The highest BCUT2D eigenvalue weighted by molar-refractivity contribution is 5.54. The van der Waals surface area contributed by atoms with Crippen molar-refractivity contribution in [2.45, 2.75) is 6.92 Å². The molecule has 0 aromatic rings. The summed E-state index contributed by atoms with van der Waals surface area (Å²) in [7, 11) is 1.90. The second-order valence-electron chi connectivity index (χ2n) is 0.972. The molecule has 0 saturated carbocycles. The zero-order valence-corrected chi connectivity index (χ0v) is 4.63. The topological polar surface area (TPSA) is 41.3 Å². The van der Waals surface area contributed by atoms with Crippen LogP contribution in [0.4, 0.5) is 0 Å². The summed E-state index contributed by atoms with van der Waals surface area (Å²) in [5.41, 5.74) is 0. The maximum Gasteiger partial charge on any atom is 0.206 e. The molecule has 0 saturated heterocycles. The van der Waals surface area contributed by atoms with E-state index in [9.17, 15) is 0 Å². The van der Waals surface area contributed by atoms with Crippen LogP contribution in [0.1, 0.15) is 6.92 Å². The van der Waals surface area contributed by atoms with Gasteiger partial charge in [-0.3, -0.25) is 0 Å². The van der Waals surface area contributed by atoms with Crippen LogP contribution >= 0.6 is 0 Å². The molecule has 0 unspecified atom stereocenters. The highest BCUT2D eigenvalue weighted by Crippen LogP contribution is 1.57. The molecule has 0 aliphatic rings. The van der Waals surface area contributed by atoms with Gasteiger partial charge in [0.15, 0.2) is 0 Å². The molecular weight excluding hydrogens is 90.1 g/mol. The summed E-state index contributed by atoms with van der Waals surface area (Å²) in [6.45, 7) is 1.83. The van der Waals surface area contributed by atoms with E-state index < -0.39 is 0 Å². The Balaban J connectivity index is 3.09. The number of hydrogen-bond acceptors (Lipinski definition) is 2. The van der Waals surface area contributed by atoms with Crippen molar-refractivity contribution in [2.24, 2.45) is 10.2 Å². The smallest absolute Gasteiger partial charge is 0.206 e. The highest BCUT2D eigenvalue weighted by atomic mass is 15.2. The Morgan fingerprint density at radius 1 is 1.43 bits per heavy atom. The summed E-state index contributed by atoms with van der Waals surface area (Å²) in [5.74, 6) is 0. The van der Waals surface area contributed by atoms with Crippen molar-refractivity contribution < 1.29 is 5.32 Å². The maximum absolute atomic E-state index is 3.60. The normalized spacial score (nSPS) is 11.7. The minimum absolute atomic E-state index is 1.64. The molecule has 0 atom stereocenters. The Morgan fingerprint density at radius 2 is 2.14 bits per heavy atom. The monoisotopic (exact) mass is 100 g/mol. The van der Waals surface area contributed by atoms with Crippen molar-refractivity contribution in [3.63, 3.8) is 0 Å². The Bertz CT molecular complexity index is 75.0. The Hall–Kier alpha value is -0.700. The van der Waals surface area contributed by atoms with E-state index in [0.717, 1.165) is 0 Å². The van der Waals surface area contributed by atoms with Crippen LogP contribution in [0.2, 0.25) is 0 Å². The lowest BCUT2D eigenvalue weighted by Crippen LogP contribution is -2.77. The fourth-order valence-electron chi connectivity index (χ4n) is 0.172. The van der Waals surface area contributed by atoms with E-state index in [1.54, 1.807) is 12.6 Å². The molecule has 0 amide bonds. The predicted octanol–water partition coefficient (Wildman–Crippen LogP) is -0.786. The van der Waals surface area contributed by atoms with Crippen LogP contribution in [0, 0.1) is 0 Å². The number of rotatable bonds is 2. The summed E-state index contributed by atoms with van der Waals surface area (Å²) in [6.07, 6.45) is 3.28. The van der Waals surface area contributed by atoms with E-state index in [-0.39, 0.29) is 0 Å². The average molecular weight is 100 g/mol. The van der Waals surface area contributed by atoms with Gasteiger partial charge in [-0.15, -0.1) is 5.10 Å². The predicted molar refractivity (Wildman–Crippen MR) is 30.5 cm³/mol. The van der Waals surface area contributed by atoms with E-state index in [1.807, 2.05) is 19.3 Å². The van der Waals surface area contributed by atoms with E-state index in [4.69, 9.17) is 0 Å². The van der Waals surface area contributed by atoms with Gasteiger partial charge in [0.05, 0.1) is 7.05 Å². The summed E-state index contributed by atoms with van der Waals surface area (Å²) in [4.78, 5) is 0. The van der Waals surface area contributed by atoms with Crippen LogP contribution in [0.15, 0.2) is 10.2 Å². The van der Waals surface area contributed by atoms with Crippen molar-refractivity contribution in [3.05, 3.63) is 0 Å². The first kappa shape index (κ1) is 6.30. The maximum atomic E-state index is 3.60. The fourth-order valence-corrected chi connectivity index (χ4v) is 0.172. The van der Waals surface area contributed by atoms with Gasteiger partial charge in [-0.2, -0.15) is 5.10 Å². The first-order valence-electron chi connectivity index (χ1n) is 2.20. The molecular formula is C4H10N3+. The van der Waals surface area contributed by atoms with E-state index in [1.165, 1.54) is 0 Å². The van der Waals surface area contributed by atoms with Crippen molar-refractivity contribution in [1.29, 1.82) is 0 Å². The third-order valence-corrected chi connectivity index (χ3v) is 0.398. The molecule has 0 spiro atoms. The molecule has 3 heteroatoms. The molecule has 0 radical (unpaired) electrons. The van der Waals surface area contributed by atoms with Gasteiger partial charge in [-0.1, -0.05) is 0 Å². The van der Waals surface area contributed by atoms with Crippen molar-refractivity contribution in [3.8, 4) is 0 Å². The van der Waals surface area contributed by atoms with Gasteiger partial charge in [0.25, 0.3) is 0 Å².